The second-order valence-electron chi connectivity index (χ2n) is 6.61. The molecule has 0 aromatic carbocycles. The number of aryl methyl sites for hydroxylation is 1. The lowest BCUT2D eigenvalue weighted by Gasteiger charge is -2.37. The van der Waals surface area contributed by atoms with Crippen molar-refractivity contribution in [2.45, 2.75) is 25.4 Å². The van der Waals surface area contributed by atoms with Crippen LogP contribution in [0.2, 0.25) is 0 Å². The molecule has 9 nitrogen and oxygen atoms in total. The van der Waals surface area contributed by atoms with Crippen molar-refractivity contribution in [2.75, 3.05) is 26.2 Å². The number of hydrogen-bond donors (Lipinski definition) is 2. The van der Waals surface area contributed by atoms with Crippen molar-refractivity contribution in [1.82, 2.24) is 30.0 Å². The van der Waals surface area contributed by atoms with Gasteiger partial charge in [-0.2, -0.15) is 0 Å². The number of hydrogen-bond acceptors (Lipinski definition) is 5. The third-order valence-corrected chi connectivity index (χ3v) is 4.71. The standard InChI is InChI=1S/C15H22N6O3.ClH/c1-15(2)13(23)18-14(24)21(15)9-11(22)20-7-4-16-8-10(20)12-17-5-6-19(12)3;/h5-6,10,16H,4,7-9H2,1-3H3,(H,18,23,24);1H. The van der Waals surface area contributed by atoms with E-state index in [1.54, 1.807) is 24.9 Å². The van der Waals surface area contributed by atoms with Crippen LogP contribution in [0.5, 0.6) is 0 Å². The zero-order chi connectivity index (χ0) is 17.5. The molecule has 4 amide bonds. The number of nitrogens with zero attached hydrogens (tertiary/aromatic N) is 4. The zero-order valence-electron chi connectivity index (χ0n) is 14.5. The Labute approximate surface area is 152 Å². The van der Waals surface area contributed by atoms with Crippen LogP contribution in [-0.4, -0.2) is 68.9 Å². The molecule has 1 aromatic heterocycles. The van der Waals surface area contributed by atoms with E-state index >= 15 is 0 Å². The molecule has 1 unspecified atom stereocenters. The first kappa shape index (κ1) is 19.2. The number of halogens is 1. The molecule has 25 heavy (non-hydrogen) atoms. The van der Waals surface area contributed by atoms with Crippen molar-refractivity contribution in [3.63, 3.8) is 0 Å². The third-order valence-electron chi connectivity index (χ3n) is 4.71. The zero-order valence-corrected chi connectivity index (χ0v) is 15.3. The smallest absolute Gasteiger partial charge is 0.325 e. The maximum absolute atomic E-state index is 12.8. The van der Waals surface area contributed by atoms with Crippen molar-refractivity contribution in [3.8, 4) is 0 Å². The largest absolute Gasteiger partial charge is 0.336 e. The number of rotatable bonds is 3. The van der Waals surface area contributed by atoms with E-state index in [0.717, 1.165) is 5.82 Å². The summed E-state index contributed by atoms with van der Waals surface area (Å²) in [5, 5.41) is 5.53. The molecule has 3 heterocycles. The number of carbonyl (C=O) groups is 3. The van der Waals surface area contributed by atoms with E-state index in [0.29, 0.717) is 19.6 Å². The number of amides is 4. The quantitative estimate of drug-likeness (QED) is 0.708. The molecule has 0 saturated carbocycles. The van der Waals surface area contributed by atoms with E-state index in [1.807, 2.05) is 17.8 Å². The minimum absolute atomic E-state index is 0. The molecule has 2 fully saturated rings. The molecule has 0 spiro atoms. The van der Waals surface area contributed by atoms with E-state index in [1.165, 1.54) is 4.90 Å². The molecule has 1 atom stereocenters. The van der Waals surface area contributed by atoms with Crippen molar-refractivity contribution < 1.29 is 14.4 Å². The Morgan fingerprint density at radius 1 is 1.40 bits per heavy atom. The Bertz CT molecular complexity index is 689. The highest BCUT2D eigenvalue weighted by atomic mass is 35.5. The lowest BCUT2D eigenvalue weighted by molar-refractivity contribution is -0.137. The average Bonchev–Trinajstić information content (AvgIpc) is 3.04. The van der Waals surface area contributed by atoms with E-state index < -0.39 is 11.6 Å². The van der Waals surface area contributed by atoms with Gasteiger partial charge in [0, 0.05) is 39.1 Å². The minimum atomic E-state index is -1.03. The normalized spacial score (nSPS) is 22.6. The molecule has 2 aliphatic heterocycles. The van der Waals surface area contributed by atoms with Gasteiger partial charge >= 0.3 is 6.03 Å². The summed E-state index contributed by atoms with van der Waals surface area (Å²) in [4.78, 5) is 44.0. The maximum atomic E-state index is 12.8. The Morgan fingerprint density at radius 2 is 2.12 bits per heavy atom. The van der Waals surface area contributed by atoms with Gasteiger partial charge in [0.2, 0.25) is 5.91 Å². The molecule has 3 rings (SSSR count). The lowest BCUT2D eigenvalue weighted by atomic mass is 10.0. The number of piperazine rings is 1. The van der Waals surface area contributed by atoms with Crippen LogP contribution in [0.1, 0.15) is 25.7 Å². The second kappa shape index (κ2) is 7.01. The maximum Gasteiger partial charge on any atom is 0.325 e. The van der Waals surface area contributed by atoms with E-state index in [4.69, 9.17) is 0 Å². The van der Waals surface area contributed by atoms with Gasteiger partial charge in [-0.3, -0.25) is 14.9 Å². The molecule has 138 valence electrons. The summed E-state index contributed by atoms with van der Waals surface area (Å²) < 4.78 is 1.88. The number of urea groups is 1. The molecule has 2 N–H and O–H groups in total. The number of carbonyl (C=O) groups excluding carboxylic acids is 3. The lowest BCUT2D eigenvalue weighted by Crippen LogP contribution is -2.54. The van der Waals surface area contributed by atoms with Crippen LogP contribution in [0.25, 0.3) is 0 Å². The van der Waals surface area contributed by atoms with Gasteiger partial charge in [0.25, 0.3) is 5.91 Å². The Hall–Kier alpha value is -2.13. The van der Waals surface area contributed by atoms with Crippen molar-refractivity contribution in [3.05, 3.63) is 18.2 Å². The Morgan fingerprint density at radius 3 is 2.68 bits per heavy atom. The van der Waals surface area contributed by atoms with Gasteiger partial charge in [0.05, 0.1) is 0 Å². The molecule has 2 aliphatic rings. The molecule has 0 bridgehead atoms. The van der Waals surface area contributed by atoms with Crippen LogP contribution in [-0.2, 0) is 16.6 Å². The van der Waals surface area contributed by atoms with E-state index in [9.17, 15) is 14.4 Å². The summed E-state index contributed by atoms with van der Waals surface area (Å²) in [6.45, 7) is 4.95. The SMILES string of the molecule is Cl.Cn1ccnc1C1CNCCN1C(=O)CN1C(=O)NC(=O)C1(C)C. The van der Waals surface area contributed by atoms with Gasteiger partial charge in [0.1, 0.15) is 23.9 Å². The molecule has 10 heteroatoms. The number of imidazole rings is 1. The molecule has 0 aliphatic carbocycles. The van der Waals surface area contributed by atoms with Crippen LogP contribution >= 0.6 is 12.4 Å². The van der Waals surface area contributed by atoms with Crippen LogP contribution < -0.4 is 10.6 Å². The third kappa shape index (κ3) is 3.34. The first-order chi connectivity index (χ1) is 11.3. The summed E-state index contributed by atoms with van der Waals surface area (Å²) in [5.41, 5.74) is -1.03. The minimum Gasteiger partial charge on any atom is -0.336 e. The fourth-order valence-corrected chi connectivity index (χ4v) is 3.12. The Kier molecular flexibility index (Phi) is 5.38. The molecule has 0 radical (unpaired) electrons. The van der Waals surface area contributed by atoms with Crippen LogP contribution in [0, 0.1) is 0 Å². The highest BCUT2D eigenvalue weighted by Crippen LogP contribution is 2.24. The van der Waals surface area contributed by atoms with Gasteiger partial charge in [-0.25, -0.2) is 9.78 Å². The number of aromatic nitrogens is 2. The van der Waals surface area contributed by atoms with Crippen LogP contribution in [0.4, 0.5) is 4.79 Å². The summed E-state index contributed by atoms with van der Waals surface area (Å²) in [6, 6.07) is -0.724. The van der Waals surface area contributed by atoms with E-state index in [-0.39, 0.29) is 36.8 Å². The van der Waals surface area contributed by atoms with Gasteiger partial charge in [0.15, 0.2) is 0 Å². The second-order valence-corrected chi connectivity index (χ2v) is 6.61. The summed E-state index contributed by atoms with van der Waals surface area (Å²) in [6.07, 6.45) is 3.53. The van der Waals surface area contributed by atoms with Crippen LogP contribution in [0.3, 0.4) is 0 Å². The van der Waals surface area contributed by atoms with Crippen molar-refractivity contribution >= 4 is 30.3 Å². The fraction of sp³-hybridized carbons (Fsp3) is 0.600. The topological polar surface area (TPSA) is 99.6 Å². The first-order valence-electron chi connectivity index (χ1n) is 7.93. The monoisotopic (exact) mass is 370 g/mol. The fourth-order valence-electron chi connectivity index (χ4n) is 3.12. The number of imide groups is 1. The predicted octanol–water partition coefficient (Wildman–Crippen LogP) is -0.355. The molecular weight excluding hydrogens is 348 g/mol. The molecular formula is C15H23ClN6O3. The molecule has 1 aromatic rings. The highest BCUT2D eigenvalue weighted by molar-refractivity contribution is 6.07. The molecule has 2 saturated heterocycles. The van der Waals surface area contributed by atoms with Gasteiger partial charge in [-0.05, 0) is 13.8 Å². The predicted molar refractivity (Wildman–Crippen MR) is 92.1 cm³/mol. The van der Waals surface area contributed by atoms with Crippen molar-refractivity contribution in [1.29, 1.82) is 0 Å². The van der Waals surface area contributed by atoms with Crippen molar-refractivity contribution in [2.24, 2.45) is 7.05 Å². The van der Waals surface area contributed by atoms with Crippen LogP contribution in [0.15, 0.2) is 12.4 Å². The summed E-state index contributed by atoms with van der Waals surface area (Å²) in [5.74, 6) is 0.209. The van der Waals surface area contributed by atoms with Gasteiger partial charge in [-0.1, -0.05) is 0 Å². The van der Waals surface area contributed by atoms with Gasteiger partial charge < -0.3 is 19.7 Å². The highest BCUT2D eigenvalue weighted by Gasteiger charge is 2.47. The average molecular weight is 371 g/mol. The summed E-state index contributed by atoms with van der Waals surface area (Å²) >= 11 is 0. The van der Waals surface area contributed by atoms with E-state index in [2.05, 4.69) is 15.6 Å². The van der Waals surface area contributed by atoms with Gasteiger partial charge in [-0.15, -0.1) is 12.4 Å². The first-order valence-corrected chi connectivity index (χ1v) is 7.93. The number of nitrogens with one attached hydrogen (secondary N) is 2. The Balaban J connectivity index is 0.00000225. The summed E-state index contributed by atoms with van der Waals surface area (Å²) in [7, 11) is 1.88.